The zero-order valence-electron chi connectivity index (χ0n) is 10.8. The van der Waals surface area contributed by atoms with Crippen molar-refractivity contribution < 1.29 is 4.79 Å². The van der Waals surface area contributed by atoms with Gasteiger partial charge in [-0.2, -0.15) is 0 Å². The molecule has 0 bridgehead atoms. The van der Waals surface area contributed by atoms with Crippen molar-refractivity contribution >= 4 is 5.91 Å². The summed E-state index contributed by atoms with van der Waals surface area (Å²) in [5.41, 5.74) is 2.34. The first kappa shape index (κ1) is 12.1. The van der Waals surface area contributed by atoms with Crippen LogP contribution in [0.5, 0.6) is 0 Å². The van der Waals surface area contributed by atoms with Crippen molar-refractivity contribution in [1.29, 1.82) is 0 Å². The fraction of sp³-hybridized carbons (Fsp3) is 0.667. The molecule has 0 radical (unpaired) electrons. The van der Waals surface area contributed by atoms with Gasteiger partial charge in [0.2, 0.25) is 5.91 Å². The Hall–Kier alpha value is -1.36. The molecule has 0 saturated carbocycles. The predicted molar refractivity (Wildman–Crippen MR) is 65.7 cm³/mol. The number of likely N-dealkylation sites (N-methyl/N-ethyl adjacent to an activating group) is 1. The molecule has 17 heavy (non-hydrogen) atoms. The summed E-state index contributed by atoms with van der Waals surface area (Å²) < 4.78 is 2.10. The van der Waals surface area contributed by atoms with Gasteiger partial charge in [-0.25, -0.2) is 4.98 Å². The molecule has 1 aliphatic heterocycles. The van der Waals surface area contributed by atoms with Gasteiger partial charge < -0.3 is 14.8 Å². The Labute approximate surface area is 102 Å². The first-order valence-corrected chi connectivity index (χ1v) is 6.11. The van der Waals surface area contributed by atoms with E-state index in [0.717, 1.165) is 37.4 Å². The van der Waals surface area contributed by atoms with Gasteiger partial charge in [-0.05, 0) is 0 Å². The Morgan fingerprint density at radius 3 is 2.94 bits per heavy atom. The minimum absolute atomic E-state index is 0.124. The maximum atomic E-state index is 11.8. The highest BCUT2D eigenvalue weighted by Gasteiger charge is 2.20. The van der Waals surface area contributed by atoms with Crippen LogP contribution in [-0.2, 0) is 30.7 Å². The third-order valence-electron chi connectivity index (χ3n) is 3.17. The molecule has 5 nitrogen and oxygen atoms in total. The molecule has 2 heterocycles. The second-order valence-corrected chi connectivity index (χ2v) is 4.58. The Morgan fingerprint density at radius 1 is 1.53 bits per heavy atom. The smallest absolute Gasteiger partial charge is 0.242 e. The molecule has 1 aromatic rings. The van der Waals surface area contributed by atoms with E-state index in [-0.39, 0.29) is 5.91 Å². The molecule has 1 N–H and O–H groups in total. The van der Waals surface area contributed by atoms with E-state index in [2.05, 4.69) is 21.8 Å². The van der Waals surface area contributed by atoms with Crippen LogP contribution in [0.4, 0.5) is 0 Å². The number of aryl methyl sites for hydroxylation is 1. The van der Waals surface area contributed by atoms with Crippen LogP contribution in [0.2, 0.25) is 0 Å². The number of rotatable bonds is 3. The molecular formula is C12H20N4O. The molecule has 1 aromatic heterocycles. The van der Waals surface area contributed by atoms with Crippen LogP contribution in [0.1, 0.15) is 24.1 Å². The van der Waals surface area contributed by atoms with Gasteiger partial charge in [-0.3, -0.25) is 4.79 Å². The molecule has 0 aromatic carbocycles. The molecule has 0 spiro atoms. The molecule has 5 heteroatoms. The lowest BCUT2D eigenvalue weighted by atomic mass is 10.2. The topological polar surface area (TPSA) is 50.2 Å². The van der Waals surface area contributed by atoms with E-state index in [1.807, 2.05) is 0 Å². The van der Waals surface area contributed by atoms with E-state index in [0.29, 0.717) is 6.54 Å². The predicted octanol–water partition coefficient (Wildman–Crippen LogP) is 0.179. The van der Waals surface area contributed by atoms with Crippen LogP contribution >= 0.6 is 0 Å². The van der Waals surface area contributed by atoms with Crippen molar-refractivity contribution in [2.24, 2.45) is 0 Å². The molecule has 1 aliphatic rings. The van der Waals surface area contributed by atoms with Crippen LogP contribution in [0.3, 0.4) is 0 Å². The van der Waals surface area contributed by atoms with Gasteiger partial charge >= 0.3 is 0 Å². The summed E-state index contributed by atoms with van der Waals surface area (Å²) in [7, 11) is 3.58. The first-order chi connectivity index (χ1) is 8.13. The summed E-state index contributed by atoms with van der Waals surface area (Å²) in [5.74, 6) is 1.15. The lowest BCUT2D eigenvalue weighted by molar-refractivity contribution is -0.129. The van der Waals surface area contributed by atoms with Crippen LogP contribution in [0, 0.1) is 0 Å². The van der Waals surface area contributed by atoms with E-state index < -0.39 is 0 Å². The summed E-state index contributed by atoms with van der Waals surface area (Å²) in [6.45, 7) is 4.29. The Balaban J connectivity index is 2.30. The number of hydrogen-bond donors (Lipinski definition) is 1. The number of nitrogens with zero attached hydrogens (tertiary/aromatic N) is 3. The Kier molecular flexibility index (Phi) is 3.47. The maximum Gasteiger partial charge on any atom is 0.242 e. The molecule has 0 atom stereocenters. The Morgan fingerprint density at radius 2 is 2.29 bits per heavy atom. The summed E-state index contributed by atoms with van der Waals surface area (Å²) in [6, 6.07) is 0. The van der Waals surface area contributed by atoms with Gasteiger partial charge in [0, 0.05) is 45.7 Å². The average molecular weight is 236 g/mol. The van der Waals surface area contributed by atoms with Gasteiger partial charge in [0.15, 0.2) is 0 Å². The summed E-state index contributed by atoms with van der Waals surface area (Å²) >= 11 is 0. The standard InChI is InChI=1S/C12H20N4O/c1-4-11-14-9-7-13-6-5-10(9)16(11)8-12(17)15(2)3/h13H,4-8H2,1-3H3. The Bertz CT molecular complexity index is 422. The van der Waals surface area contributed by atoms with Gasteiger partial charge in [-0.1, -0.05) is 6.92 Å². The van der Waals surface area contributed by atoms with Crippen molar-refractivity contribution in [3.8, 4) is 0 Å². The number of hydrogen-bond acceptors (Lipinski definition) is 3. The van der Waals surface area contributed by atoms with Crippen molar-refractivity contribution in [2.45, 2.75) is 32.9 Å². The second kappa shape index (κ2) is 4.87. The number of aromatic nitrogens is 2. The highest BCUT2D eigenvalue weighted by atomic mass is 16.2. The number of fused-ring (bicyclic) bond motifs is 1. The lowest BCUT2D eigenvalue weighted by Crippen LogP contribution is -2.30. The summed E-state index contributed by atoms with van der Waals surface area (Å²) in [6.07, 6.45) is 1.83. The van der Waals surface area contributed by atoms with E-state index in [4.69, 9.17) is 0 Å². The van der Waals surface area contributed by atoms with Gasteiger partial charge in [0.1, 0.15) is 12.4 Å². The van der Waals surface area contributed by atoms with E-state index in [1.54, 1.807) is 19.0 Å². The number of amides is 1. The fourth-order valence-corrected chi connectivity index (χ4v) is 2.16. The first-order valence-electron chi connectivity index (χ1n) is 6.11. The lowest BCUT2D eigenvalue weighted by Gasteiger charge is -2.17. The van der Waals surface area contributed by atoms with Crippen molar-refractivity contribution in [3.63, 3.8) is 0 Å². The van der Waals surface area contributed by atoms with Gasteiger partial charge in [0.25, 0.3) is 0 Å². The van der Waals surface area contributed by atoms with Crippen LogP contribution in [0.15, 0.2) is 0 Å². The van der Waals surface area contributed by atoms with Crippen LogP contribution in [-0.4, -0.2) is 41.0 Å². The minimum atomic E-state index is 0.124. The highest BCUT2D eigenvalue weighted by molar-refractivity contribution is 5.75. The monoisotopic (exact) mass is 236 g/mol. The largest absolute Gasteiger partial charge is 0.347 e. The minimum Gasteiger partial charge on any atom is -0.347 e. The molecule has 94 valence electrons. The molecule has 0 saturated heterocycles. The van der Waals surface area contributed by atoms with E-state index >= 15 is 0 Å². The third-order valence-corrected chi connectivity index (χ3v) is 3.17. The fourth-order valence-electron chi connectivity index (χ4n) is 2.16. The summed E-state index contributed by atoms with van der Waals surface area (Å²) in [4.78, 5) is 18.1. The van der Waals surface area contributed by atoms with Crippen LogP contribution in [0.25, 0.3) is 0 Å². The number of carbonyl (C=O) groups excluding carboxylic acids is 1. The number of carbonyl (C=O) groups is 1. The van der Waals surface area contributed by atoms with Crippen molar-refractivity contribution in [2.75, 3.05) is 20.6 Å². The molecule has 0 unspecified atom stereocenters. The molecule has 0 fully saturated rings. The third kappa shape index (κ3) is 2.34. The van der Waals surface area contributed by atoms with Crippen molar-refractivity contribution in [1.82, 2.24) is 19.8 Å². The molecule has 1 amide bonds. The number of nitrogens with one attached hydrogen (secondary N) is 1. The normalized spacial score (nSPS) is 14.5. The van der Waals surface area contributed by atoms with Gasteiger partial charge in [-0.15, -0.1) is 0 Å². The zero-order valence-corrected chi connectivity index (χ0v) is 10.8. The zero-order chi connectivity index (χ0) is 12.4. The van der Waals surface area contributed by atoms with Crippen molar-refractivity contribution in [3.05, 3.63) is 17.2 Å². The average Bonchev–Trinajstić information content (AvgIpc) is 2.67. The molecular weight excluding hydrogens is 216 g/mol. The van der Waals surface area contributed by atoms with Crippen LogP contribution < -0.4 is 5.32 Å². The highest BCUT2D eigenvalue weighted by Crippen LogP contribution is 2.16. The van der Waals surface area contributed by atoms with Gasteiger partial charge in [0.05, 0.1) is 5.69 Å². The summed E-state index contributed by atoms with van der Waals surface area (Å²) in [5, 5.41) is 3.31. The molecule has 2 rings (SSSR count). The van der Waals surface area contributed by atoms with E-state index in [9.17, 15) is 4.79 Å². The maximum absolute atomic E-state index is 11.8. The van der Waals surface area contributed by atoms with E-state index in [1.165, 1.54) is 5.69 Å². The SMILES string of the molecule is CCc1nc2c(n1CC(=O)N(C)C)CCNC2. The number of imidazole rings is 1. The molecule has 0 aliphatic carbocycles. The second-order valence-electron chi connectivity index (χ2n) is 4.58. The quantitative estimate of drug-likeness (QED) is 0.814.